The van der Waals surface area contributed by atoms with E-state index in [0.29, 0.717) is 26.2 Å². The molecule has 3 N–H and O–H groups in total. The van der Waals surface area contributed by atoms with Crippen LogP contribution in [-0.4, -0.2) is 125 Å². The summed E-state index contributed by atoms with van der Waals surface area (Å²) in [5.41, 5.74) is 4.75. The molecule has 1 atom stereocenters. The molecule has 0 radical (unpaired) electrons. The second-order valence-electron chi connectivity index (χ2n) is 12.1. The number of hydrogen-bond donors (Lipinski definition) is 3. The molecule has 2 rings (SSSR count). The van der Waals surface area contributed by atoms with Gasteiger partial charge in [0.2, 0.25) is 0 Å². The number of amides is 4. The van der Waals surface area contributed by atoms with Crippen molar-refractivity contribution in [2.24, 2.45) is 0 Å². The topological polar surface area (TPSA) is 167 Å². The van der Waals surface area contributed by atoms with Gasteiger partial charge in [-0.05, 0) is 58.5 Å². The summed E-state index contributed by atoms with van der Waals surface area (Å²) in [6.45, 7) is 17.4. The molecule has 0 saturated heterocycles. The van der Waals surface area contributed by atoms with Gasteiger partial charge in [0.1, 0.15) is 25.9 Å². The summed E-state index contributed by atoms with van der Waals surface area (Å²) in [6, 6.07) is 16.0. The molecule has 0 fully saturated rings. The number of benzene rings is 2. The zero-order valence-corrected chi connectivity index (χ0v) is 33.8. The lowest BCUT2D eigenvalue weighted by Crippen LogP contribution is -2.39. The van der Waals surface area contributed by atoms with Crippen molar-refractivity contribution >= 4 is 35.7 Å². The van der Waals surface area contributed by atoms with Crippen molar-refractivity contribution in [2.75, 3.05) is 78.6 Å². The Hall–Kier alpha value is -4.69. The van der Waals surface area contributed by atoms with Crippen molar-refractivity contribution in [3.63, 3.8) is 0 Å². The van der Waals surface area contributed by atoms with E-state index in [1.807, 2.05) is 57.0 Å². The Balaban J connectivity index is 0. The van der Waals surface area contributed by atoms with E-state index in [9.17, 15) is 29.1 Å². The number of rotatable bonds is 15. The molecule has 300 valence electrons. The molecule has 0 spiro atoms. The van der Waals surface area contributed by atoms with Crippen LogP contribution in [0, 0.1) is 13.8 Å². The fourth-order valence-corrected chi connectivity index (χ4v) is 3.79. The van der Waals surface area contributed by atoms with E-state index in [2.05, 4.69) is 58.2 Å². The van der Waals surface area contributed by atoms with Crippen LogP contribution in [0.15, 0.2) is 48.5 Å². The summed E-state index contributed by atoms with van der Waals surface area (Å²) in [5, 5.41) is 14.5. The van der Waals surface area contributed by atoms with Gasteiger partial charge in [0, 0.05) is 53.6 Å². The molecule has 2 aromatic rings. The second-order valence-corrected chi connectivity index (χ2v) is 12.1. The first-order valence-corrected chi connectivity index (χ1v) is 17.9. The molecule has 0 aliphatic heterocycles. The predicted octanol–water partition coefficient (Wildman–Crippen LogP) is 4.72. The summed E-state index contributed by atoms with van der Waals surface area (Å²) in [5.74, 6) is -1.04. The van der Waals surface area contributed by atoms with E-state index in [4.69, 9.17) is 4.74 Å². The Labute approximate surface area is 317 Å². The number of nitrogens with zero attached hydrogens (tertiary/aromatic N) is 3. The summed E-state index contributed by atoms with van der Waals surface area (Å²) >= 11 is 0. The number of likely N-dealkylation sites (N-methyl/N-ethyl adjacent to an activating group) is 1. The van der Waals surface area contributed by atoms with Crippen LogP contribution in [0.4, 0.5) is 15.3 Å². The number of aliphatic hydroxyl groups excluding tert-OH is 1. The number of carbonyl (C=O) groups excluding carboxylic acids is 5. The molecule has 0 saturated carbocycles. The Morgan fingerprint density at radius 1 is 0.679 bits per heavy atom. The third-order valence-electron chi connectivity index (χ3n) is 7.11. The molecule has 0 aromatic heterocycles. The number of aryl methyl sites for hydroxylation is 3. The van der Waals surface area contributed by atoms with Crippen LogP contribution >= 0.6 is 0 Å². The summed E-state index contributed by atoms with van der Waals surface area (Å²) in [7, 11) is 5.28. The third kappa shape index (κ3) is 29.6. The number of urea groups is 2. The first-order chi connectivity index (χ1) is 25.0. The van der Waals surface area contributed by atoms with Crippen molar-refractivity contribution in [1.29, 1.82) is 0 Å². The number of anilines is 1. The van der Waals surface area contributed by atoms with Crippen molar-refractivity contribution in [3.8, 4) is 0 Å². The lowest BCUT2D eigenvalue weighted by atomic mass is 10.1. The van der Waals surface area contributed by atoms with Crippen molar-refractivity contribution in [2.45, 2.75) is 74.3 Å². The highest BCUT2D eigenvalue weighted by Gasteiger charge is 2.10. The first kappa shape index (κ1) is 50.4. The van der Waals surface area contributed by atoms with Gasteiger partial charge in [0.25, 0.3) is 0 Å². The van der Waals surface area contributed by atoms with E-state index in [1.54, 1.807) is 14.1 Å². The number of ether oxygens (including phenoxy) is 3. The van der Waals surface area contributed by atoms with E-state index >= 15 is 0 Å². The summed E-state index contributed by atoms with van der Waals surface area (Å²) in [6.07, 6.45) is 1.86. The van der Waals surface area contributed by atoms with Crippen molar-refractivity contribution < 1.29 is 43.3 Å². The van der Waals surface area contributed by atoms with Gasteiger partial charge in [-0.25, -0.2) is 9.59 Å². The van der Waals surface area contributed by atoms with Gasteiger partial charge in [0.15, 0.2) is 0 Å². The van der Waals surface area contributed by atoms with E-state index in [0.717, 1.165) is 17.8 Å². The summed E-state index contributed by atoms with van der Waals surface area (Å²) < 4.78 is 14.0. The van der Waals surface area contributed by atoms with E-state index in [1.165, 1.54) is 54.5 Å². The zero-order valence-electron chi connectivity index (χ0n) is 33.8. The highest BCUT2D eigenvalue weighted by molar-refractivity contribution is 5.91. The molecule has 0 aliphatic rings. The standard InChI is InChI=1S/C13H18N2O3.C10H14.C8H16N2O3.C8H17NO3/c1-10-4-6-12(7-5-10)15(3)13(17)14-8-9-18-11(2)16;1-3-4-10-7-5-9(2)6-8-10;1-4-10(3)8(12)9-5-6-13-7(2)11;1-4-9(3)5-8(11)6-12-7(2)10/h4-7H,8-9H2,1-3H3,(H,14,17);5-8H,3-4H2,1-2H3;4-6H2,1-3H3,(H,9,12);8,11H,4-6H2,1-3H3. The van der Waals surface area contributed by atoms with Crippen LogP contribution in [0.3, 0.4) is 0 Å². The van der Waals surface area contributed by atoms with Crippen molar-refractivity contribution in [3.05, 3.63) is 65.2 Å². The minimum Gasteiger partial charge on any atom is -0.464 e. The average Bonchev–Trinajstić information content (AvgIpc) is 3.12. The minimum absolute atomic E-state index is 0.0830. The number of aliphatic hydroxyl groups is 1. The largest absolute Gasteiger partial charge is 0.464 e. The van der Waals surface area contributed by atoms with Crippen LogP contribution in [0.5, 0.6) is 0 Å². The number of hydrogen-bond acceptors (Lipinski definition) is 10. The lowest BCUT2D eigenvalue weighted by Gasteiger charge is -2.18. The van der Waals surface area contributed by atoms with Gasteiger partial charge in [-0.1, -0.05) is 67.8 Å². The molecule has 0 bridgehead atoms. The van der Waals surface area contributed by atoms with Gasteiger partial charge in [-0.3, -0.25) is 19.3 Å². The van der Waals surface area contributed by atoms with Crippen LogP contribution in [-0.2, 0) is 35.0 Å². The molecule has 2 aromatic carbocycles. The predicted molar refractivity (Wildman–Crippen MR) is 209 cm³/mol. The van der Waals surface area contributed by atoms with Gasteiger partial charge < -0.3 is 39.8 Å². The molecule has 4 amide bonds. The summed E-state index contributed by atoms with van der Waals surface area (Å²) in [4.78, 5) is 59.1. The number of nitrogens with one attached hydrogen (secondary N) is 2. The average molecular weight is 748 g/mol. The van der Waals surface area contributed by atoms with Gasteiger partial charge in [-0.2, -0.15) is 0 Å². The van der Waals surface area contributed by atoms with E-state index < -0.39 is 6.10 Å². The van der Waals surface area contributed by atoms with Crippen LogP contribution in [0.2, 0.25) is 0 Å². The Morgan fingerprint density at radius 3 is 1.55 bits per heavy atom. The van der Waals surface area contributed by atoms with E-state index in [-0.39, 0.29) is 49.8 Å². The Kier molecular flexibility index (Phi) is 29.4. The fraction of sp³-hybridized carbons (Fsp3) is 0.564. The molecule has 53 heavy (non-hydrogen) atoms. The van der Waals surface area contributed by atoms with Crippen LogP contribution in [0.25, 0.3) is 0 Å². The van der Waals surface area contributed by atoms with Crippen molar-refractivity contribution in [1.82, 2.24) is 20.4 Å². The maximum Gasteiger partial charge on any atom is 0.321 e. The monoisotopic (exact) mass is 747 g/mol. The van der Waals surface area contributed by atoms with Gasteiger partial charge in [0.05, 0.1) is 13.1 Å². The smallest absolute Gasteiger partial charge is 0.321 e. The Bertz CT molecular complexity index is 1310. The quantitative estimate of drug-likeness (QED) is 0.132. The maximum absolute atomic E-state index is 11.7. The molecule has 1 unspecified atom stereocenters. The SMILES string of the molecule is CC(=O)OCCNC(=O)N(C)c1ccc(C)cc1.CCCc1ccc(C)cc1.CCN(C)C(=O)NCCOC(C)=O.CCN(C)CC(O)COC(C)=O. The molecule has 0 aliphatic carbocycles. The Morgan fingerprint density at radius 2 is 1.13 bits per heavy atom. The lowest BCUT2D eigenvalue weighted by molar-refractivity contribution is -0.144. The molecule has 14 nitrogen and oxygen atoms in total. The van der Waals surface area contributed by atoms with Crippen LogP contribution < -0.4 is 15.5 Å². The maximum atomic E-state index is 11.7. The zero-order chi connectivity index (χ0) is 40.8. The highest BCUT2D eigenvalue weighted by Crippen LogP contribution is 2.13. The number of carbonyl (C=O) groups is 5. The van der Waals surface area contributed by atoms with Gasteiger partial charge >= 0.3 is 30.0 Å². The molecule has 14 heteroatoms. The second kappa shape index (κ2) is 30.9. The third-order valence-corrected chi connectivity index (χ3v) is 7.11. The minimum atomic E-state index is -0.584. The van der Waals surface area contributed by atoms with Gasteiger partial charge in [-0.15, -0.1) is 0 Å². The highest BCUT2D eigenvalue weighted by atomic mass is 16.5. The molecular formula is C39H65N5O9. The normalized spacial score (nSPS) is 10.4. The molecule has 0 heterocycles. The van der Waals surface area contributed by atoms with Crippen LogP contribution in [0.1, 0.15) is 64.7 Å². The number of esters is 3. The molecular weight excluding hydrogens is 682 g/mol. The first-order valence-electron chi connectivity index (χ1n) is 17.9. The fourth-order valence-electron chi connectivity index (χ4n) is 3.79.